The number of rotatable bonds is 9. The van der Waals surface area contributed by atoms with E-state index in [1.54, 1.807) is 0 Å². The van der Waals surface area contributed by atoms with E-state index in [9.17, 15) is 0 Å². The molecule has 2 nitrogen and oxygen atoms in total. The molecule has 0 atom stereocenters. The third kappa shape index (κ3) is 6.35. The van der Waals surface area contributed by atoms with Crippen molar-refractivity contribution < 1.29 is 0 Å². The number of benzene rings is 1. The Balaban J connectivity index is 2.66. The van der Waals surface area contributed by atoms with E-state index in [-0.39, 0.29) is 0 Å². The summed E-state index contributed by atoms with van der Waals surface area (Å²) in [7, 11) is 0. The molecule has 0 bridgehead atoms. The molecule has 0 aliphatic rings. The molecule has 0 heterocycles. The minimum atomic E-state index is 0.876. The van der Waals surface area contributed by atoms with Crippen molar-refractivity contribution in [1.82, 2.24) is 4.90 Å². The van der Waals surface area contributed by atoms with Gasteiger partial charge in [0.05, 0.1) is 0 Å². The molecule has 3 heteroatoms. The quantitative estimate of drug-likeness (QED) is 0.465. The highest BCUT2D eigenvalue weighted by molar-refractivity contribution is 7.80. The third-order valence-electron chi connectivity index (χ3n) is 4.20. The van der Waals surface area contributed by atoms with E-state index in [0.717, 1.165) is 23.9 Å². The number of nitrogens with zero attached hydrogens (tertiary/aromatic N) is 1. The molecule has 0 fully saturated rings. The molecular formula is C19H32N2S. The second-order valence-electron chi connectivity index (χ2n) is 6.08. The summed E-state index contributed by atoms with van der Waals surface area (Å²) in [6.07, 6.45) is 7.49. The summed E-state index contributed by atoms with van der Waals surface area (Å²) in [5.41, 5.74) is 3.73. The lowest BCUT2D eigenvalue weighted by Gasteiger charge is -2.26. The zero-order valence-electron chi connectivity index (χ0n) is 14.7. The van der Waals surface area contributed by atoms with Gasteiger partial charge in [-0.3, -0.25) is 0 Å². The summed E-state index contributed by atoms with van der Waals surface area (Å²) in [4.78, 5) is 2.35. The van der Waals surface area contributed by atoms with E-state index >= 15 is 0 Å². The Hall–Kier alpha value is -1.09. The van der Waals surface area contributed by atoms with Crippen LogP contribution >= 0.6 is 12.2 Å². The Morgan fingerprint density at radius 2 is 1.59 bits per heavy atom. The SMILES string of the molecule is CCCCCN(CCCCC)C(=S)Nc1cccc(C)c1C. The van der Waals surface area contributed by atoms with Gasteiger partial charge in [0.25, 0.3) is 0 Å². The third-order valence-corrected chi connectivity index (χ3v) is 4.56. The molecule has 0 aliphatic heterocycles. The predicted molar refractivity (Wildman–Crippen MR) is 103 cm³/mol. The van der Waals surface area contributed by atoms with Gasteiger partial charge in [-0.25, -0.2) is 0 Å². The van der Waals surface area contributed by atoms with Crippen LogP contribution in [0, 0.1) is 13.8 Å². The standard InChI is InChI=1S/C19H32N2S/c1-5-7-9-14-21(15-10-8-6-2)19(22)20-18-13-11-12-16(3)17(18)4/h11-13H,5-10,14-15H2,1-4H3,(H,20,22). The van der Waals surface area contributed by atoms with Gasteiger partial charge in [0, 0.05) is 18.8 Å². The molecule has 0 aliphatic carbocycles. The maximum absolute atomic E-state index is 5.67. The number of aryl methyl sites for hydroxylation is 1. The highest BCUT2D eigenvalue weighted by atomic mass is 32.1. The minimum Gasteiger partial charge on any atom is -0.349 e. The topological polar surface area (TPSA) is 15.3 Å². The van der Waals surface area contributed by atoms with Crippen LogP contribution < -0.4 is 5.32 Å². The summed E-state index contributed by atoms with van der Waals surface area (Å²) in [6.45, 7) is 10.9. The molecule has 1 rings (SSSR count). The molecule has 0 spiro atoms. The van der Waals surface area contributed by atoms with Crippen LogP contribution in [0.3, 0.4) is 0 Å². The molecule has 0 unspecified atom stereocenters. The number of nitrogens with one attached hydrogen (secondary N) is 1. The Morgan fingerprint density at radius 3 is 2.14 bits per heavy atom. The maximum atomic E-state index is 5.67. The molecule has 22 heavy (non-hydrogen) atoms. The molecule has 0 aromatic heterocycles. The fourth-order valence-corrected chi connectivity index (χ4v) is 2.79. The molecule has 1 N–H and O–H groups in total. The van der Waals surface area contributed by atoms with Gasteiger partial charge in [0.2, 0.25) is 0 Å². The van der Waals surface area contributed by atoms with E-state index in [4.69, 9.17) is 12.2 Å². The second kappa shape index (κ2) is 10.6. The van der Waals surface area contributed by atoms with E-state index < -0.39 is 0 Å². The zero-order valence-corrected chi connectivity index (χ0v) is 15.6. The molecule has 0 saturated carbocycles. The fraction of sp³-hybridized carbons (Fsp3) is 0.632. The van der Waals surface area contributed by atoms with Crippen LogP contribution in [-0.4, -0.2) is 23.1 Å². The Kier molecular flexibility index (Phi) is 9.14. The van der Waals surface area contributed by atoms with Crippen molar-refractivity contribution in [2.75, 3.05) is 18.4 Å². The molecule has 0 amide bonds. The number of hydrogen-bond donors (Lipinski definition) is 1. The largest absolute Gasteiger partial charge is 0.349 e. The van der Waals surface area contributed by atoms with Crippen molar-refractivity contribution in [1.29, 1.82) is 0 Å². The zero-order chi connectivity index (χ0) is 16.4. The number of hydrogen-bond acceptors (Lipinski definition) is 1. The van der Waals surface area contributed by atoms with Crippen molar-refractivity contribution >= 4 is 23.0 Å². The lowest BCUT2D eigenvalue weighted by molar-refractivity contribution is 0.395. The highest BCUT2D eigenvalue weighted by Gasteiger charge is 2.10. The van der Waals surface area contributed by atoms with Gasteiger partial charge in [0.1, 0.15) is 0 Å². The van der Waals surface area contributed by atoms with Crippen LogP contribution in [0.5, 0.6) is 0 Å². The molecule has 124 valence electrons. The summed E-state index contributed by atoms with van der Waals surface area (Å²) in [5, 5.41) is 4.34. The van der Waals surface area contributed by atoms with Gasteiger partial charge < -0.3 is 10.2 Å². The van der Waals surface area contributed by atoms with Crippen LogP contribution in [0.1, 0.15) is 63.5 Å². The summed E-state index contributed by atoms with van der Waals surface area (Å²) >= 11 is 5.67. The van der Waals surface area contributed by atoms with Crippen molar-refractivity contribution in [3.8, 4) is 0 Å². The van der Waals surface area contributed by atoms with Crippen LogP contribution in [0.4, 0.5) is 5.69 Å². The Morgan fingerprint density at radius 1 is 1.00 bits per heavy atom. The molecular weight excluding hydrogens is 288 g/mol. The van der Waals surface area contributed by atoms with E-state index in [2.05, 4.69) is 56.1 Å². The fourth-order valence-electron chi connectivity index (χ4n) is 2.50. The van der Waals surface area contributed by atoms with Crippen molar-refractivity contribution in [2.45, 2.75) is 66.2 Å². The molecule has 1 aromatic carbocycles. The monoisotopic (exact) mass is 320 g/mol. The first kappa shape index (κ1) is 19.0. The first-order valence-electron chi connectivity index (χ1n) is 8.72. The van der Waals surface area contributed by atoms with Crippen molar-refractivity contribution in [2.24, 2.45) is 0 Å². The maximum Gasteiger partial charge on any atom is 0.173 e. The number of thiocarbonyl (C=S) groups is 1. The predicted octanol–water partition coefficient (Wildman–Crippen LogP) is 5.68. The van der Waals surface area contributed by atoms with Gasteiger partial charge in [-0.15, -0.1) is 0 Å². The number of unbranched alkanes of at least 4 members (excludes halogenated alkanes) is 4. The summed E-state index contributed by atoms with van der Waals surface area (Å²) in [6, 6.07) is 6.35. The normalized spacial score (nSPS) is 10.5. The van der Waals surface area contributed by atoms with E-state index in [1.165, 1.54) is 49.7 Å². The molecule has 0 radical (unpaired) electrons. The molecule has 0 saturated heterocycles. The van der Waals surface area contributed by atoms with Crippen molar-refractivity contribution in [3.05, 3.63) is 29.3 Å². The minimum absolute atomic E-state index is 0.876. The van der Waals surface area contributed by atoms with Gasteiger partial charge in [0.15, 0.2) is 5.11 Å². The summed E-state index contributed by atoms with van der Waals surface area (Å²) in [5.74, 6) is 0. The average Bonchev–Trinajstić information content (AvgIpc) is 2.50. The smallest absolute Gasteiger partial charge is 0.173 e. The van der Waals surface area contributed by atoms with Gasteiger partial charge in [-0.05, 0) is 56.1 Å². The Bertz CT molecular complexity index is 447. The van der Waals surface area contributed by atoms with Crippen LogP contribution in [0.15, 0.2) is 18.2 Å². The van der Waals surface area contributed by atoms with Crippen molar-refractivity contribution in [3.63, 3.8) is 0 Å². The van der Waals surface area contributed by atoms with Crippen LogP contribution in [0.2, 0.25) is 0 Å². The second-order valence-corrected chi connectivity index (χ2v) is 6.47. The Labute approximate surface area is 142 Å². The lowest BCUT2D eigenvalue weighted by atomic mass is 10.1. The highest BCUT2D eigenvalue weighted by Crippen LogP contribution is 2.18. The van der Waals surface area contributed by atoms with Gasteiger partial charge in [-0.2, -0.15) is 0 Å². The van der Waals surface area contributed by atoms with Gasteiger partial charge in [-0.1, -0.05) is 51.7 Å². The molecule has 1 aromatic rings. The average molecular weight is 321 g/mol. The van der Waals surface area contributed by atoms with Crippen LogP contribution in [0.25, 0.3) is 0 Å². The lowest BCUT2D eigenvalue weighted by Crippen LogP contribution is -2.36. The number of anilines is 1. The van der Waals surface area contributed by atoms with Gasteiger partial charge >= 0.3 is 0 Å². The van der Waals surface area contributed by atoms with E-state index in [0.29, 0.717) is 0 Å². The van der Waals surface area contributed by atoms with E-state index in [1.807, 2.05) is 0 Å². The van der Waals surface area contributed by atoms with Crippen LogP contribution in [-0.2, 0) is 0 Å². The first-order chi connectivity index (χ1) is 10.6. The first-order valence-corrected chi connectivity index (χ1v) is 9.13. The summed E-state index contributed by atoms with van der Waals surface area (Å²) < 4.78 is 0.